The van der Waals surface area contributed by atoms with Gasteiger partial charge < -0.3 is 14.1 Å². The zero-order valence-electron chi connectivity index (χ0n) is 13.5. The summed E-state index contributed by atoms with van der Waals surface area (Å²) in [4.78, 5) is 14.9. The second kappa shape index (κ2) is 6.32. The average Bonchev–Trinajstić information content (AvgIpc) is 3.34. The number of fused-ring (bicyclic) bond motifs is 1. The van der Waals surface area contributed by atoms with Crippen molar-refractivity contribution in [3.8, 4) is 5.75 Å². The molecular formula is C19H19NO3S. The van der Waals surface area contributed by atoms with E-state index in [0.29, 0.717) is 6.42 Å². The fourth-order valence-corrected chi connectivity index (χ4v) is 4.18. The number of ether oxygens (including phenoxy) is 1. The molecule has 0 saturated carbocycles. The van der Waals surface area contributed by atoms with Gasteiger partial charge in [-0.25, -0.2) is 0 Å². The number of nitrogens with zero attached hydrogens (tertiary/aromatic N) is 1. The maximum atomic E-state index is 12.8. The molecule has 4 rings (SSSR count). The number of carbonyl (C=O) groups is 1. The number of methoxy groups -OCH3 is 1. The highest BCUT2D eigenvalue weighted by atomic mass is 32.1. The molecule has 3 aromatic rings. The van der Waals surface area contributed by atoms with Gasteiger partial charge in [0, 0.05) is 23.6 Å². The van der Waals surface area contributed by atoms with Crippen molar-refractivity contribution in [3.05, 3.63) is 52.4 Å². The molecule has 0 spiro atoms. The second-order valence-corrected chi connectivity index (χ2v) is 6.88. The first-order chi connectivity index (χ1) is 11.8. The van der Waals surface area contributed by atoms with Crippen LogP contribution in [0.1, 0.15) is 30.0 Å². The third-order valence-corrected chi connectivity index (χ3v) is 5.41. The predicted molar refractivity (Wildman–Crippen MR) is 94.5 cm³/mol. The summed E-state index contributed by atoms with van der Waals surface area (Å²) >= 11 is 1.69. The highest BCUT2D eigenvalue weighted by molar-refractivity contribution is 7.08. The molecule has 24 heavy (non-hydrogen) atoms. The van der Waals surface area contributed by atoms with Crippen LogP contribution in [0, 0.1) is 0 Å². The standard InChI is InChI=1S/C19H19NO3S/c1-22-15-4-5-16-14(11-23-18(16)10-15)9-19(21)20-7-2-3-17(20)13-6-8-24-12-13/h4-6,8,10-12,17H,2-3,7,9H2,1H3/t17-/m1/s1. The Morgan fingerprint density at radius 2 is 2.33 bits per heavy atom. The molecule has 1 fully saturated rings. The minimum absolute atomic E-state index is 0.169. The number of rotatable bonds is 4. The Kier molecular flexibility index (Phi) is 4.02. The van der Waals surface area contributed by atoms with Gasteiger partial charge in [-0.05, 0) is 47.4 Å². The fourth-order valence-electron chi connectivity index (χ4n) is 3.47. The number of thiophene rings is 1. The van der Waals surface area contributed by atoms with Crippen LogP contribution in [-0.2, 0) is 11.2 Å². The molecule has 2 aromatic heterocycles. The SMILES string of the molecule is COc1ccc2c(CC(=O)N3CCC[C@@H]3c3ccsc3)coc2c1. The first kappa shape index (κ1) is 15.3. The largest absolute Gasteiger partial charge is 0.497 e. The smallest absolute Gasteiger partial charge is 0.227 e. The van der Waals surface area contributed by atoms with Crippen LogP contribution >= 0.6 is 11.3 Å². The van der Waals surface area contributed by atoms with Gasteiger partial charge in [0.05, 0.1) is 25.8 Å². The molecule has 0 bridgehead atoms. The average molecular weight is 341 g/mol. The summed E-state index contributed by atoms with van der Waals surface area (Å²) in [6, 6.07) is 8.06. The summed E-state index contributed by atoms with van der Waals surface area (Å²) in [6.45, 7) is 0.836. The lowest BCUT2D eigenvalue weighted by Crippen LogP contribution is -2.31. The monoisotopic (exact) mass is 341 g/mol. The number of hydrogen-bond donors (Lipinski definition) is 0. The van der Waals surface area contributed by atoms with Crippen LogP contribution in [-0.4, -0.2) is 24.5 Å². The molecule has 0 unspecified atom stereocenters. The molecule has 0 N–H and O–H groups in total. The van der Waals surface area contributed by atoms with E-state index < -0.39 is 0 Å². The maximum absolute atomic E-state index is 12.8. The van der Waals surface area contributed by atoms with Crippen LogP contribution in [0.15, 0.2) is 45.7 Å². The Labute approximate surface area is 144 Å². The molecule has 0 radical (unpaired) electrons. The van der Waals surface area contributed by atoms with Gasteiger partial charge in [0.15, 0.2) is 0 Å². The third-order valence-electron chi connectivity index (χ3n) is 4.71. The lowest BCUT2D eigenvalue weighted by Gasteiger charge is -2.24. The Morgan fingerprint density at radius 1 is 1.42 bits per heavy atom. The van der Waals surface area contributed by atoms with Crippen LogP contribution in [0.5, 0.6) is 5.75 Å². The van der Waals surface area contributed by atoms with Gasteiger partial charge in [-0.1, -0.05) is 0 Å². The predicted octanol–water partition coefficient (Wildman–Crippen LogP) is 4.41. The molecule has 1 aliphatic heterocycles. The van der Waals surface area contributed by atoms with Crippen molar-refractivity contribution in [2.75, 3.05) is 13.7 Å². The van der Waals surface area contributed by atoms with Gasteiger partial charge in [-0.2, -0.15) is 11.3 Å². The van der Waals surface area contributed by atoms with E-state index in [-0.39, 0.29) is 11.9 Å². The fraction of sp³-hybridized carbons (Fsp3) is 0.316. The minimum atomic E-state index is 0.169. The Hall–Kier alpha value is -2.27. The van der Waals surface area contributed by atoms with Crippen molar-refractivity contribution >= 4 is 28.2 Å². The molecule has 1 aliphatic rings. The van der Waals surface area contributed by atoms with E-state index in [1.165, 1.54) is 5.56 Å². The zero-order valence-corrected chi connectivity index (χ0v) is 14.3. The number of benzene rings is 1. The van der Waals surface area contributed by atoms with E-state index in [0.717, 1.165) is 41.7 Å². The summed E-state index contributed by atoms with van der Waals surface area (Å²) in [7, 11) is 1.63. The van der Waals surface area contributed by atoms with Crippen molar-refractivity contribution in [1.29, 1.82) is 0 Å². The van der Waals surface area contributed by atoms with Crippen LogP contribution in [0.25, 0.3) is 11.0 Å². The molecule has 0 aliphatic carbocycles. The van der Waals surface area contributed by atoms with Gasteiger partial charge in [-0.3, -0.25) is 4.79 Å². The lowest BCUT2D eigenvalue weighted by atomic mass is 10.1. The van der Waals surface area contributed by atoms with Gasteiger partial charge in [0.2, 0.25) is 5.91 Å². The number of carbonyl (C=O) groups excluding carboxylic acids is 1. The number of hydrogen-bond acceptors (Lipinski definition) is 4. The van der Waals surface area contributed by atoms with E-state index in [2.05, 4.69) is 16.8 Å². The molecule has 1 saturated heterocycles. The van der Waals surface area contributed by atoms with Gasteiger partial charge >= 0.3 is 0 Å². The summed E-state index contributed by atoms with van der Waals surface area (Å²) in [5, 5.41) is 5.21. The highest BCUT2D eigenvalue weighted by Crippen LogP contribution is 2.34. The molecule has 3 heterocycles. The van der Waals surface area contributed by atoms with Crippen molar-refractivity contribution in [2.45, 2.75) is 25.3 Å². The summed E-state index contributed by atoms with van der Waals surface area (Å²) in [5.41, 5.74) is 2.95. The van der Waals surface area contributed by atoms with Crippen molar-refractivity contribution < 1.29 is 13.9 Å². The molecule has 1 amide bonds. The number of furan rings is 1. The highest BCUT2D eigenvalue weighted by Gasteiger charge is 2.30. The Balaban J connectivity index is 1.55. The first-order valence-electron chi connectivity index (χ1n) is 8.12. The van der Waals surface area contributed by atoms with E-state index in [1.54, 1.807) is 24.7 Å². The van der Waals surface area contributed by atoms with Crippen LogP contribution in [0.3, 0.4) is 0 Å². The molecule has 1 aromatic carbocycles. The van der Waals surface area contributed by atoms with Crippen LogP contribution < -0.4 is 4.74 Å². The molecule has 5 heteroatoms. The molecule has 4 nitrogen and oxygen atoms in total. The van der Waals surface area contributed by atoms with Crippen LogP contribution in [0.2, 0.25) is 0 Å². The Morgan fingerprint density at radius 3 is 3.12 bits per heavy atom. The van der Waals surface area contributed by atoms with Gasteiger partial charge in [-0.15, -0.1) is 0 Å². The Bertz CT molecular complexity index is 853. The maximum Gasteiger partial charge on any atom is 0.227 e. The first-order valence-corrected chi connectivity index (χ1v) is 9.06. The van der Waals surface area contributed by atoms with E-state index >= 15 is 0 Å². The van der Waals surface area contributed by atoms with Crippen molar-refractivity contribution in [1.82, 2.24) is 4.90 Å². The topological polar surface area (TPSA) is 42.7 Å². The minimum Gasteiger partial charge on any atom is -0.497 e. The van der Waals surface area contributed by atoms with E-state index in [9.17, 15) is 4.79 Å². The molecule has 1 atom stereocenters. The summed E-state index contributed by atoms with van der Waals surface area (Å²) in [6.07, 6.45) is 4.18. The van der Waals surface area contributed by atoms with E-state index in [1.807, 2.05) is 23.1 Å². The molecule has 124 valence electrons. The normalized spacial score (nSPS) is 17.5. The van der Waals surface area contributed by atoms with Gasteiger partial charge in [0.1, 0.15) is 11.3 Å². The third kappa shape index (κ3) is 2.69. The number of amides is 1. The number of likely N-dealkylation sites (tertiary alicyclic amines) is 1. The zero-order chi connectivity index (χ0) is 16.5. The van der Waals surface area contributed by atoms with Crippen molar-refractivity contribution in [2.24, 2.45) is 0 Å². The van der Waals surface area contributed by atoms with Crippen LogP contribution in [0.4, 0.5) is 0 Å². The van der Waals surface area contributed by atoms with E-state index in [4.69, 9.17) is 9.15 Å². The van der Waals surface area contributed by atoms with Crippen molar-refractivity contribution in [3.63, 3.8) is 0 Å². The lowest BCUT2D eigenvalue weighted by molar-refractivity contribution is -0.131. The quantitative estimate of drug-likeness (QED) is 0.706. The second-order valence-electron chi connectivity index (χ2n) is 6.10. The molecular weight excluding hydrogens is 322 g/mol. The van der Waals surface area contributed by atoms with Gasteiger partial charge in [0.25, 0.3) is 0 Å². The summed E-state index contributed by atoms with van der Waals surface area (Å²) in [5.74, 6) is 0.925. The summed E-state index contributed by atoms with van der Waals surface area (Å²) < 4.78 is 10.8.